The molecule has 1 fully saturated rings. The van der Waals surface area contributed by atoms with Gasteiger partial charge in [-0.1, -0.05) is 6.92 Å². The van der Waals surface area contributed by atoms with Gasteiger partial charge >= 0.3 is 0 Å². The summed E-state index contributed by atoms with van der Waals surface area (Å²) in [5, 5.41) is 2.75. The number of amides is 1. The Labute approximate surface area is 124 Å². The van der Waals surface area contributed by atoms with E-state index in [-0.39, 0.29) is 5.91 Å². The van der Waals surface area contributed by atoms with Gasteiger partial charge in [0.25, 0.3) is 0 Å². The lowest BCUT2D eigenvalue weighted by Gasteiger charge is -2.28. The predicted molar refractivity (Wildman–Crippen MR) is 81.5 cm³/mol. The highest BCUT2D eigenvalue weighted by molar-refractivity contribution is 8.31. The number of ether oxygens (including phenoxy) is 1. The van der Waals surface area contributed by atoms with Crippen molar-refractivity contribution in [3.63, 3.8) is 0 Å². The minimum atomic E-state index is -2.64. The second kappa shape index (κ2) is 6.62. The van der Waals surface area contributed by atoms with Crippen LogP contribution < -0.4 is 5.32 Å². The molecule has 1 saturated heterocycles. The van der Waals surface area contributed by atoms with E-state index in [0.29, 0.717) is 43.3 Å². The van der Waals surface area contributed by atoms with Gasteiger partial charge in [0.1, 0.15) is 8.68 Å². The predicted octanol–water partition coefficient (Wildman–Crippen LogP) is 1.39. The highest BCUT2D eigenvalue weighted by Crippen LogP contribution is 2.20. The zero-order valence-corrected chi connectivity index (χ0v) is 13.0. The fourth-order valence-electron chi connectivity index (χ4n) is 1.90. The van der Waals surface area contributed by atoms with Gasteiger partial charge < -0.3 is 10.1 Å². The van der Waals surface area contributed by atoms with Gasteiger partial charge in [0.15, 0.2) is 0 Å². The zero-order valence-electron chi connectivity index (χ0n) is 11.3. The van der Waals surface area contributed by atoms with E-state index in [4.69, 9.17) is 15.9 Å². The molecule has 1 N–H and O–H groups in total. The molecule has 0 saturated carbocycles. The lowest BCUT2D eigenvalue weighted by Crippen LogP contribution is -2.40. The Kier molecular flexibility index (Phi) is 5.09. The molecular formula is C13H18N2O3S2. The first-order chi connectivity index (χ1) is 9.54. The van der Waals surface area contributed by atoms with Gasteiger partial charge in [-0.25, -0.2) is 8.51 Å². The molecule has 2 rings (SSSR count). The molecule has 1 aromatic carbocycles. The summed E-state index contributed by atoms with van der Waals surface area (Å²) < 4.78 is 19.8. The van der Waals surface area contributed by atoms with Crippen molar-refractivity contribution < 1.29 is 13.7 Å². The molecule has 20 heavy (non-hydrogen) atoms. The maximum atomic E-state index is 12.7. The third-order valence-corrected chi connectivity index (χ3v) is 6.19. The van der Waals surface area contributed by atoms with Crippen molar-refractivity contribution in [3.05, 3.63) is 24.3 Å². The first-order valence-corrected chi connectivity index (χ1v) is 8.96. The van der Waals surface area contributed by atoms with Crippen LogP contribution in [0, 0.1) is 0 Å². The number of anilines is 1. The summed E-state index contributed by atoms with van der Waals surface area (Å²) in [5.41, 5.74) is 0.688. The van der Waals surface area contributed by atoms with Gasteiger partial charge in [-0.2, -0.15) is 0 Å². The van der Waals surface area contributed by atoms with E-state index in [2.05, 4.69) is 5.32 Å². The molecule has 1 amide bonds. The Balaban J connectivity index is 2.14. The molecule has 110 valence electrons. The van der Waals surface area contributed by atoms with Crippen LogP contribution in [-0.4, -0.2) is 40.7 Å². The largest absolute Gasteiger partial charge is 0.379 e. The molecule has 0 aromatic heterocycles. The van der Waals surface area contributed by atoms with Crippen molar-refractivity contribution in [2.75, 3.05) is 31.6 Å². The van der Waals surface area contributed by atoms with E-state index in [9.17, 15) is 9.00 Å². The van der Waals surface area contributed by atoms with Crippen molar-refractivity contribution in [2.45, 2.75) is 18.2 Å². The summed E-state index contributed by atoms with van der Waals surface area (Å²) in [6.45, 7) is 4.06. The smallest absolute Gasteiger partial charge is 0.224 e. The van der Waals surface area contributed by atoms with Crippen molar-refractivity contribution in [1.82, 2.24) is 4.31 Å². The summed E-state index contributed by atoms with van der Waals surface area (Å²) >= 11 is 5.29. The van der Waals surface area contributed by atoms with Gasteiger partial charge in [0.05, 0.1) is 18.1 Å². The number of carbonyl (C=O) groups is 1. The molecular weight excluding hydrogens is 296 g/mol. The van der Waals surface area contributed by atoms with Crippen molar-refractivity contribution >= 4 is 31.5 Å². The first-order valence-electron chi connectivity index (χ1n) is 6.52. The van der Waals surface area contributed by atoms with Crippen molar-refractivity contribution in [3.8, 4) is 0 Å². The summed E-state index contributed by atoms with van der Waals surface area (Å²) in [4.78, 5) is 11.9. The van der Waals surface area contributed by atoms with E-state index in [0.717, 1.165) is 0 Å². The highest BCUT2D eigenvalue weighted by Gasteiger charge is 2.22. The Morgan fingerprint density at radius 2 is 1.95 bits per heavy atom. The van der Waals surface area contributed by atoms with Gasteiger partial charge in [0.2, 0.25) is 5.91 Å². The second-order valence-corrected chi connectivity index (χ2v) is 7.74. The molecule has 0 radical (unpaired) electrons. The minimum absolute atomic E-state index is 0.0509. The number of nitrogens with one attached hydrogen (secondary N) is 1. The number of hydrogen-bond acceptors (Lipinski definition) is 4. The number of rotatable bonds is 4. The average Bonchev–Trinajstić information content (AvgIpc) is 2.48. The average molecular weight is 314 g/mol. The maximum absolute atomic E-state index is 12.7. The van der Waals surface area contributed by atoms with Crippen LogP contribution >= 0.6 is 0 Å². The lowest BCUT2D eigenvalue weighted by atomic mass is 10.3. The van der Waals surface area contributed by atoms with E-state index < -0.39 is 8.68 Å². The molecule has 0 spiro atoms. The van der Waals surface area contributed by atoms with Crippen LogP contribution in [0.15, 0.2) is 29.2 Å². The lowest BCUT2D eigenvalue weighted by molar-refractivity contribution is -0.115. The Hall–Kier alpha value is -1.02. The molecule has 1 aliphatic heterocycles. The molecule has 1 aliphatic rings. The standard InChI is InChI=1S/C13H18N2O3S2/c1-2-13(16)14-11-3-5-12(6-4-11)20(17,19)15-7-9-18-10-8-15/h3-6H,2,7-10H2,1H3,(H,14,16). The van der Waals surface area contributed by atoms with E-state index in [1.54, 1.807) is 35.5 Å². The Morgan fingerprint density at radius 1 is 1.35 bits per heavy atom. The van der Waals surface area contributed by atoms with Crippen LogP contribution in [0.1, 0.15) is 13.3 Å². The van der Waals surface area contributed by atoms with Crippen LogP contribution in [0.5, 0.6) is 0 Å². The Bertz CT molecular complexity index is 564. The molecule has 0 aliphatic carbocycles. The monoisotopic (exact) mass is 314 g/mol. The highest BCUT2D eigenvalue weighted by atomic mass is 32.8. The van der Waals surface area contributed by atoms with Gasteiger partial charge in [0, 0.05) is 36.4 Å². The number of nitrogens with zero attached hydrogens (tertiary/aromatic N) is 1. The molecule has 1 atom stereocenters. The molecule has 1 unspecified atom stereocenters. The van der Waals surface area contributed by atoms with E-state index in [1.807, 2.05) is 0 Å². The number of carbonyl (C=O) groups excluding carboxylic acids is 1. The summed E-state index contributed by atoms with van der Waals surface area (Å²) in [7, 11) is -2.64. The maximum Gasteiger partial charge on any atom is 0.224 e. The van der Waals surface area contributed by atoms with Gasteiger partial charge in [-0.15, -0.1) is 0 Å². The zero-order chi connectivity index (χ0) is 14.6. The van der Waals surface area contributed by atoms with E-state index >= 15 is 0 Å². The van der Waals surface area contributed by atoms with E-state index in [1.165, 1.54) is 0 Å². The molecule has 5 nitrogen and oxygen atoms in total. The van der Waals surface area contributed by atoms with Gasteiger partial charge in [-0.05, 0) is 24.3 Å². The normalized spacial score (nSPS) is 19.2. The van der Waals surface area contributed by atoms with Crippen LogP contribution in [0.4, 0.5) is 5.69 Å². The third-order valence-electron chi connectivity index (χ3n) is 3.07. The fourth-order valence-corrected chi connectivity index (χ4v) is 4.08. The second-order valence-electron chi connectivity index (χ2n) is 4.44. The van der Waals surface area contributed by atoms with Crippen LogP contribution in [-0.2, 0) is 29.4 Å². The van der Waals surface area contributed by atoms with Crippen LogP contribution in [0.2, 0.25) is 0 Å². The molecule has 0 bridgehead atoms. The molecule has 1 heterocycles. The number of morpholine rings is 1. The minimum Gasteiger partial charge on any atom is -0.379 e. The Morgan fingerprint density at radius 3 is 2.50 bits per heavy atom. The molecule has 1 aromatic rings. The summed E-state index contributed by atoms with van der Waals surface area (Å²) in [6.07, 6.45) is 0.424. The fraction of sp³-hybridized carbons (Fsp3) is 0.462. The van der Waals surface area contributed by atoms with Crippen molar-refractivity contribution in [2.24, 2.45) is 0 Å². The van der Waals surface area contributed by atoms with Crippen LogP contribution in [0.3, 0.4) is 0 Å². The number of hydrogen-bond donors (Lipinski definition) is 1. The third kappa shape index (κ3) is 3.54. The first kappa shape index (κ1) is 15.4. The van der Waals surface area contributed by atoms with Crippen LogP contribution in [0.25, 0.3) is 0 Å². The topological polar surface area (TPSA) is 58.6 Å². The van der Waals surface area contributed by atoms with Crippen molar-refractivity contribution in [1.29, 1.82) is 0 Å². The summed E-state index contributed by atoms with van der Waals surface area (Å²) in [6, 6.07) is 6.90. The summed E-state index contributed by atoms with van der Waals surface area (Å²) in [5.74, 6) is -0.0509. The SMILES string of the molecule is CCC(=O)Nc1ccc(S(=O)(=S)N2CCOCC2)cc1. The number of benzene rings is 1. The molecule has 7 heteroatoms. The van der Waals surface area contributed by atoms with Gasteiger partial charge in [-0.3, -0.25) is 4.79 Å². The quantitative estimate of drug-likeness (QED) is 0.912.